The number of carbonyl (C=O) groups is 2. The van der Waals surface area contributed by atoms with Crippen LogP contribution in [0, 0.1) is 6.92 Å². The maximum Gasteiger partial charge on any atom is 0.418 e. The van der Waals surface area contributed by atoms with Gasteiger partial charge in [-0.2, -0.15) is 13.2 Å². The van der Waals surface area contributed by atoms with Gasteiger partial charge in [-0.1, -0.05) is 17.7 Å². The maximum atomic E-state index is 13.6. The van der Waals surface area contributed by atoms with Gasteiger partial charge in [-0.05, 0) is 50.2 Å². The van der Waals surface area contributed by atoms with Gasteiger partial charge in [0.05, 0.1) is 23.1 Å². The monoisotopic (exact) mass is 432 g/mol. The van der Waals surface area contributed by atoms with E-state index in [9.17, 15) is 22.8 Å². The minimum absolute atomic E-state index is 0.0829. The third-order valence-corrected chi connectivity index (χ3v) is 4.33. The predicted molar refractivity (Wildman–Crippen MR) is 108 cm³/mol. The topological polar surface area (TPSA) is 80.6 Å². The van der Waals surface area contributed by atoms with Crippen LogP contribution < -0.4 is 15.4 Å². The van der Waals surface area contributed by atoms with E-state index in [-0.39, 0.29) is 11.3 Å². The summed E-state index contributed by atoms with van der Waals surface area (Å²) in [4.78, 5) is 24.4. The third kappa shape index (κ3) is 5.65. The van der Waals surface area contributed by atoms with E-state index in [1.165, 1.54) is 31.6 Å². The third-order valence-electron chi connectivity index (χ3n) is 4.33. The molecule has 3 aromatic rings. The first kappa shape index (κ1) is 21.9. The molecule has 0 aliphatic heterocycles. The molecule has 2 amide bonds. The number of benzene rings is 2. The van der Waals surface area contributed by atoms with Crippen molar-refractivity contribution >= 4 is 23.2 Å². The normalized spacial score (nSPS) is 12.2. The molecule has 1 aromatic heterocycles. The number of hydrogen-bond acceptors (Lipinski definition) is 4. The molecule has 1 atom stereocenters. The van der Waals surface area contributed by atoms with E-state index in [0.29, 0.717) is 5.75 Å². The number of amides is 2. The fourth-order valence-corrected chi connectivity index (χ4v) is 2.67. The first-order chi connectivity index (χ1) is 14.6. The Balaban J connectivity index is 1.75. The first-order valence-electron chi connectivity index (χ1n) is 9.22. The van der Waals surface area contributed by atoms with Crippen LogP contribution >= 0.6 is 0 Å². The number of rotatable bonds is 6. The van der Waals surface area contributed by atoms with Crippen LogP contribution in [0.4, 0.5) is 24.5 Å². The average molecular weight is 432 g/mol. The van der Waals surface area contributed by atoms with E-state index < -0.39 is 35.3 Å². The number of furan rings is 1. The highest BCUT2D eigenvalue weighted by Gasteiger charge is 2.35. The summed E-state index contributed by atoms with van der Waals surface area (Å²) in [6.45, 7) is 3.32. The molecule has 9 heteroatoms. The molecular formula is C22H19F3N2O4. The number of anilines is 2. The van der Waals surface area contributed by atoms with Crippen molar-refractivity contribution in [3.63, 3.8) is 0 Å². The molecular weight excluding hydrogens is 413 g/mol. The minimum Gasteiger partial charge on any atom is -0.481 e. The Bertz CT molecular complexity index is 1060. The van der Waals surface area contributed by atoms with Crippen molar-refractivity contribution in [2.24, 2.45) is 0 Å². The molecule has 0 aliphatic rings. The molecule has 0 saturated heterocycles. The van der Waals surface area contributed by atoms with Crippen LogP contribution in [0.1, 0.15) is 28.4 Å². The van der Waals surface area contributed by atoms with E-state index in [2.05, 4.69) is 10.6 Å². The Hall–Kier alpha value is -3.75. The van der Waals surface area contributed by atoms with Gasteiger partial charge < -0.3 is 19.8 Å². The van der Waals surface area contributed by atoms with Crippen molar-refractivity contribution in [3.8, 4) is 5.75 Å². The lowest BCUT2D eigenvalue weighted by molar-refractivity contribution is -0.137. The highest BCUT2D eigenvalue weighted by molar-refractivity contribution is 6.04. The van der Waals surface area contributed by atoms with Crippen molar-refractivity contribution in [3.05, 3.63) is 77.7 Å². The van der Waals surface area contributed by atoms with E-state index in [1.807, 2.05) is 6.92 Å². The number of nitrogens with one attached hydrogen (secondary N) is 2. The number of ether oxygens (including phenoxy) is 1. The zero-order valence-corrected chi connectivity index (χ0v) is 16.6. The maximum absolute atomic E-state index is 13.6. The van der Waals surface area contributed by atoms with E-state index >= 15 is 0 Å². The Morgan fingerprint density at radius 1 is 1.03 bits per heavy atom. The van der Waals surface area contributed by atoms with Crippen LogP contribution in [0.2, 0.25) is 0 Å². The lowest BCUT2D eigenvalue weighted by Crippen LogP contribution is -2.31. The summed E-state index contributed by atoms with van der Waals surface area (Å²) < 4.78 is 51.0. The van der Waals surface area contributed by atoms with E-state index in [0.717, 1.165) is 17.7 Å². The standard InChI is InChI=1S/C22H19F3N2O4/c1-13-3-6-17(7-4-13)31-14(2)20(28)27-19-8-5-16(11-18(19)22(23,24)25)26-21(29)15-9-10-30-12-15/h3-12,14H,1-2H3,(H,26,29)(H,27,28). The second kappa shape index (κ2) is 8.95. The van der Waals surface area contributed by atoms with Crippen LogP contribution in [0.15, 0.2) is 65.5 Å². The first-order valence-corrected chi connectivity index (χ1v) is 9.22. The van der Waals surface area contributed by atoms with Gasteiger partial charge in [0.1, 0.15) is 12.0 Å². The lowest BCUT2D eigenvalue weighted by Gasteiger charge is -2.18. The number of aryl methyl sites for hydroxylation is 1. The van der Waals surface area contributed by atoms with Gasteiger partial charge in [-0.3, -0.25) is 9.59 Å². The predicted octanol–water partition coefficient (Wildman–Crippen LogP) is 5.27. The van der Waals surface area contributed by atoms with Crippen molar-refractivity contribution in [2.75, 3.05) is 10.6 Å². The molecule has 0 radical (unpaired) electrons. The number of hydrogen-bond donors (Lipinski definition) is 2. The van der Waals surface area contributed by atoms with E-state index in [1.54, 1.807) is 24.3 Å². The van der Waals surface area contributed by atoms with Gasteiger partial charge >= 0.3 is 6.18 Å². The van der Waals surface area contributed by atoms with Gasteiger partial charge in [-0.15, -0.1) is 0 Å². The lowest BCUT2D eigenvalue weighted by atomic mass is 10.1. The Morgan fingerprint density at radius 2 is 1.74 bits per heavy atom. The van der Waals surface area contributed by atoms with Crippen molar-refractivity contribution in [2.45, 2.75) is 26.1 Å². The fourth-order valence-electron chi connectivity index (χ4n) is 2.67. The Kier molecular flexibility index (Phi) is 6.33. The Morgan fingerprint density at radius 3 is 2.35 bits per heavy atom. The van der Waals surface area contributed by atoms with Gasteiger partial charge in [-0.25, -0.2) is 0 Å². The summed E-state index contributed by atoms with van der Waals surface area (Å²) in [6, 6.07) is 11.4. The molecule has 6 nitrogen and oxygen atoms in total. The van der Waals surface area contributed by atoms with Crippen LogP contribution in [0.25, 0.3) is 0 Å². The van der Waals surface area contributed by atoms with Gasteiger partial charge in [0.2, 0.25) is 0 Å². The van der Waals surface area contributed by atoms with Crippen LogP contribution in [0.5, 0.6) is 5.75 Å². The molecule has 0 bridgehead atoms. The molecule has 1 heterocycles. The molecule has 0 spiro atoms. The van der Waals surface area contributed by atoms with Crippen LogP contribution in [-0.4, -0.2) is 17.9 Å². The summed E-state index contributed by atoms with van der Waals surface area (Å²) in [7, 11) is 0. The fraction of sp³-hybridized carbons (Fsp3) is 0.182. The molecule has 31 heavy (non-hydrogen) atoms. The zero-order chi connectivity index (χ0) is 22.6. The summed E-state index contributed by atoms with van der Waals surface area (Å²) >= 11 is 0. The smallest absolute Gasteiger partial charge is 0.418 e. The van der Waals surface area contributed by atoms with Gasteiger partial charge in [0.25, 0.3) is 11.8 Å². The molecule has 0 aliphatic carbocycles. The largest absolute Gasteiger partial charge is 0.481 e. The van der Waals surface area contributed by atoms with Gasteiger partial charge in [0, 0.05) is 5.69 Å². The Labute approximate surface area is 176 Å². The SMILES string of the molecule is Cc1ccc(OC(C)C(=O)Nc2ccc(NC(=O)c3ccoc3)cc2C(F)(F)F)cc1. The number of carbonyl (C=O) groups excluding carboxylic acids is 2. The average Bonchev–Trinajstić information content (AvgIpc) is 3.25. The number of alkyl halides is 3. The molecule has 162 valence electrons. The van der Waals surface area contributed by atoms with Crippen LogP contribution in [0.3, 0.4) is 0 Å². The second-order valence-electron chi connectivity index (χ2n) is 6.79. The molecule has 2 N–H and O–H groups in total. The molecule has 3 rings (SSSR count). The van der Waals surface area contributed by atoms with Crippen molar-refractivity contribution in [1.82, 2.24) is 0 Å². The summed E-state index contributed by atoms with van der Waals surface area (Å²) in [5.74, 6) is -0.957. The highest BCUT2D eigenvalue weighted by atomic mass is 19.4. The molecule has 1 unspecified atom stereocenters. The zero-order valence-electron chi connectivity index (χ0n) is 16.6. The van der Waals surface area contributed by atoms with Crippen molar-refractivity contribution in [1.29, 1.82) is 0 Å². The minimum atomic E-state index is -4.76. The summed E-state index contributed by atoms with van der Waals surface area (Å²) in [5.41, 5.74) is -0.473. The van der Waals surface area contributed by atoms with Crippen LogP contribution in [-0.2, 0) is 11.0 Å². The summed E-state index contributed by atoms with van der Waals surface area (Å²) in [5, 5.41) is 4.61. The number of halogens is 3. The second-order valence-corrected chi connectivity index (χ2v) is 6.79. The van der Waals surface area contributed by atoms with E-state index in [4.69, 9.17) is 9.15 Å². The quantitative estimate of drug-likeness (QED) is 0.557. The summed E-state index contributed by atoms with van der Waals surface area (Å²) in [6.07, 6.45) is -3.36. The molecule has 0 fully saturated rings. The molecule has 2 aromatic carbocycles. The molecule has 0 saturated carbocycles. The van der Waals surface area contributed by atoms with Crippen molar-refractivity contribution < 1.29 is 31.9 Å². The highest BCUT2D eigenvalue weighted by Crippen LogP contribution is 2.37. The van der Waals surface area contributed by atoms with Gasteiger partial charge in [0.15, 0.2) is 6.10 Å².